The number of nitrogens with one attached hydrogen (secondary N) is 1. The molecule has 0 unspecified atom stereocenters. The van der Waals surface area contributed by atoms with E-state index in [2.05, 4.69) is 24.4 Å². The Kier molecular flexibility index (Phi) is 9.66. The lowest BCUT2D eigenvalue weighted by atomic mass is 9.58. The Hall–Kier alpha value is -4.70. The zero-order chi connectivity index (χ0) is 33.9. The second kappa shape index (κ2) is 14.4. The number of benzene rings is 3. The lowest BCUT2D eigenvalue weighted by molar-refractivity contribution is -0.122. The summed E-state index contributed by atoms with van der Waals surface area (Å²) in [6, 6.07) is 30.9. The molecular formula is C40H41BN2O6. The molecule has 8 nitrogen and oxygen atoms in total. The molecule has 9 heteroatoms. The van der Waals surface area contributed by atoms with Crippen LogP contribution >= 0.6 is 0 Å². The zero-order valence-electron chi connectivity index (χ0n) is 27.6. The van der Waals surface area contributed by atoms with E-state index in [1.54, 1.807) is 6.07 Å². The maximum atomic E-state index is 14.2. The summed E-state index contributed by atoms with van der Waals surface area (Å²) in [4.78, 5) is 29.6. The van der Waals surface area contributed by atoms with Crippen LogP contribution in [0.15, 0.2) is 113 Å². The summed E-state index contributed by atoms with van der Waals surface area (Å²) in [7, 11) is -1.04. The molecule has 49 heavy (non-hydrogen) atoms. The van der Waals surface area contributed by atoms with Crippen LogP contribution in [-0.2, 0) is 20.9 Å². The first-order chi connectivity index (χ1) is 23.9. The molecule has 3 aromatic carbocycles. The maximum Gasteiger partial charge on any atom is 0.455 e. The predicted octanol–water partition coefficient (Wildman–Crippen LogP) is 7.64. The Morgan fingerprint density at radius 1 is 0.918 bits per heavy atom. The molecule has 2 saturated heterocycles. The van der Waals surface area contributed by atoms with Crippen molar-refractivity contribution in [3.05, 3.63) is 125 Å². The average molecular weight is 657 g/mol. The van der Waals surface area contributed by atoms with Crippen LogP contribution in [0.4, 0.5) is 17.1 Å². The Morgan fingerprint density at radius 2 is 1.63 bits per heavy atom. The fourth-order valence-electron chi connectivity index (χ4n) is 7.91. The Morgan fingerprint density at radius 3 is 2.33 bits per heavy atom. The number of hydrogen-bond donors (Lipinski definition) is 3. The summed E-state index contributed by atoms with van der Waals surface area (Å²) in [6.45, 7) is 1.96. The number of carbonyl (C=O) groups excluding carboxylic acids is 2. The van der Waals surface area contributed by atoms with Gasteiger partial charge in [-0.2, -0.15) is 0 Å². The van der Waals surface area contributed by atoms with Gasteiger partial charge >= 0.3 is 7.12 Å². The molecule has 2 aliphatic heterocycles. The number of anilines is 3. The molecule has 2 fully saturated rings. The van der Waals surface area contributed by atoms with Crippen molar-refractivity contribution in [2.45, 2.75) is 58.1 Å². The van der Waals surface area contributed by atoms with Crippen LogP contribution < -0.4 is 10.2 Å². The number of para-hydroxylation sites is 1. The van der Waals surface area contributed by atoms with Crippen LogP contribution in [0, 0.1) is 17.8 Å². The monoisotopic (exact) mass is 656 g/mol. The van der Waals surface area contributed by atoms with Crippen molar-refractivity contribution >= 4 is 47.6 Å². The van der Waals surface area contributed by atoms with Crippen molar-refractivity contribution in [2.75, 3.05) is 10.2 Å². The molecule has 250 valence electrons. The van der Waals surface area contributed by atoms with E-state index in [4.69, 9.17) is 9.07 Å². The van der Waals surface area contributed by atoms with E-state index in [1.165, 1.54) is 10.5 Å². The van der Waals surface area contributed by atoms with Crippen molar-refractivity contribution in [3.8, 4) is 0 Å². The smallest absolute Gasteiger partial charge is 0.455 e. The van der Waals surface area contributed by atoms with Crippen LogP contribution in [-0.4, -0.2) is 35.2 Å². The van der Waals surface area contributed by atoms with Crippen LogP contribution in [0.2, 0.25) is 6.32 Å². The number of allylic oxidation sites excluding steroid dienone is 2. The lowest BCUT2D eigenvalue weighted by Crippen LogP contribution is -2.46. The quantitative estimate of drug-likeness (QED) is 0.0865. The molecule has 0 saturated carbocycles. The average Bonchev–Trinajstić information content (AvgIpc) is 3.68. The summed E-state index contributed by atoms with van der Waals surface area (Å²) in [6.07, 6.45) is 5.32. The number of amides is 2. The Labute approximate surface area is 287 Å². The van der Waals surface area contributed by atoms with E-state index in [-0.39, 0.29) is 30.7 Å². The summed E-state index contributed by atoms with van der Waals surface area (Å²) in [5, 5.41) is 23.9. The van der Waals surface area contributed by atoms with Gasteiger partial charge < -0.3 is 24.5 Å². The topological polar surface area (TPSA) is 112 Å². The molecule has 4 aromatic rings. The minimum Gasteiger partial charge on any atom is -0.459 e. The third-order valence-electron chi connectivity index (χ3n) is 10.0. The van der Waals surface area contributed by atoms with Crippen molar-refractivity contribution in [1.82, 2.24) is 0 Å². The highest BCUT2D eigenvalue weighted by atomic mass is 16.5. The molecule has 0 bridgehead atoms. The molecule has 2 amide bonds. The predicted molar refractivity (Wildman–Crippen MR) is 192 cm³/mol. The highest BCUT2D eigenvalue weighted by molar-refractivity contribution is 6.43. The number of aliphatic hydroxyl groups excluding tert-OH is 1. The van der Waals surface area contributed by atoms with E-state index in [0.717, 1.165) is 40.9 Å². The van der Waals surface area contributed by atoms with Gasteiger partial charge in [0.1, 0.15) is 18.1 Å². The van der Waals surface area contributed by atoms with E-state index >= 15 is 0 Å². The number of imide groups is 1. The minimum absolute atomic E-state index is 0.168. The number of aliphatic hydroxyl groups is 1. The van der Waals surface area contributed by atoms with E-state index < -0.39 is 25.1 Å². The zero-order valence-corrected chi connectivity index (χ0v) is 27.6. The maximum absolute atomic E-state index is 14.2. The summed E-state index contributed by atoms with van der Waals surface area (Å²) < 4.78 is 12.1. The second-order valence-electron chi connectivity index (χ2n) is 13.2. The van der Waals surface area contributed by atoms with Crippen LogP contribution in [0.5, 0.6) is 0 Å². The first-order valence-electron chi connectivity index (χ1n) is 17.2. The van der Waals surface area contributed by atoms with Crippen molar-refractivity contribution in [2.24, 2.45) is 17.8 Å². The number of hydrogen-bond acceptors (Lipinski definition) is 7. The fraction of sp³-hybridized carbons (Fsp3) is 0.300. The van der Waals surface area contributed by atoms with Crippen molar-refractivity contribution in [3.63, 3.8) is 0 Å². The Balaban J connectivity index is 1.15. The molecule has 0 spiro atoms. The third-order valence-corrected chi connectivity index (χ3v) is 10.0. The normalized spacial score (nSPS) is 22.4. The van der Waals surface area contributed by atoms with Gasteiger partial charge in [-0.05, 0) is 109 Å². The van der Waals surface area contributed by atoms with Gasteiger partial charge in [-0.1, -0.05) is 67.4 Å². The van der Waals surface area contributed by atoms with Crippen molar-refractivity contribution < 1.29 is 28.8 Å². The largest absolute Gasteiger partial charge is 0.459 e. The molecule has 0 radical (unpaired) electrons. The minimum atomic E-state index is -1.04. The molecule has 1 aromatic heterocycles. The van der Waals surface area contributed by atoms with Gasteiger partial charge in [0, 0.05) is 11.4 Å². The molecule has 1 aliphatic carbocycles. The third kappa shape index (κ3) is 6.79. The highest BCUT2D eigenvalue weighted by Crippen LogP contribution is 2.52. The number of fused-ring (bicyclic) bond motifs is 3. The van der Waals surface area contributed by atoms with Crippen LogP contribution in [0.1, 0.15) is 56.1 Å². The van der Waals surface area contributed by atoms with E-state index in [9.17, 15) is 19.7 Å². The standard InChI is InChI=1S/C40H41BN2O6/c1-2-9-28-23-34-38(40(46)43(39(34)45)31-17-15-30(16-18-31)42-29-12-7-4-8-13-29)35-24-41(47)49-36(37(28)35)21-14-27(26-10-5-3-6-11-26)22-32-19-20-33(25-44)48-32/h3-8,10-13,15-20,22,34-36,38,42,44,47H,2,9,14,21,23-25H2,1H3/b27-22-/t34-,35+,36-,38-/m1/s1. The fourth-order valence-corrected chi connectivity index (χ4v) is 7.91. The number of carbonyl (C=O) groups is 2. The van der Waals surface area contributed by atoms with Gasteiger partial charge in [-0.15, -0.1) is 0 Å². The van der Waals surface area contributed by atoms with Gasteiger partial charge in [0.2, 0.25) is 11.8 Å². The second-order valence-corrected chi connectivity index (χ2v) is 13.2. The molecular weight excluding hydrogens is 615 g/mol. The van der Waals surface area contributed by atoms with Gasteiger partial charge in [0.05, 0.1) is 23.6 Å². The molecule has 4 atom stereocenters. The summed E-state index contributed by atoms with van der Waals surface area (Å²) in [5.74, 6) is -0.514. The Bertz CT molecular complexity index is 1850. The first kappa shape index (κ1) is 32.8. The molecule has 3 N–H and O–H groups in total. The van der Waals surface area contributed by atoms with Gasteiger partial charge in [0.15, 0.2) is 0 Å². The van der Waals surface area contributed by atoms with Crippen LogP contribution in [0.25, 0.3) is 11.6 Å². The molecule has 7 rings (SSSR count). The first-order valence-corrected chi connectivity index (χ1v) is 17.2. The van der Waals surface area contributed by atoms with Gasteiger partial charge in [-0.3, -0.25) is 14.5 Å². The SMILES string of the molecule is CCCC1=C2[C@@H](CC/C(=C/c3ccc(CO)o3)c3ccccc3)OB(O)C[C@@H]2[C@@H]2C(=O)N(c3ccc(Nc4ccccc4)cc3)C(=O)[C@@H]2C1. The van der Waals surface area contributed by atoms with Crippen LogP contribution in [0.3, 0.4) is 0 Å². The summed E-state index contributed by atoms with van der Waals surface area (Å²) >= 11 is 0. The van der Waals surface area contributed by atoms with E-state index in [0.29, 0.717) is 36.5 Å². The summed E-state index contributed by atoms with van der Waals surface area (Å²) in [5.41, 5.74) is 6.72. The highest BCUT2D eigenvalue weighted by Gasteiger charge is 2.57. The van der Waals surface area contributed by atoms with Gasteiger partial charge in [0.25, 0.3) is 0 Å². The lowest BCUT2D eigenvalue weighted by Gasteiger charge is -2.43. The van der Waals surface area contributed by atoms with Crippen molar-refractivity contribution in [1.29, 1.82) is 0 Å². The molecule has 3 heterocycles. The number of nitrogens with zero attached hydrogens (tertiary/aromatic N) is 1. The van der Waals surface area contributed by atoms with E-state index in [1.807, 2.05) is 84.9 Å². The number of furan rings is 1. The number of rotatable bonds is 11. The van der Waals surface area contributed by atoms with Gasteiger partial charge in [-0.25, -0.2) is 0 Å². The molecule has 3 aliphatic rings.